The largest absolute Gasteiger partial charge is 0.465 e. The summed E-state index contributed by atoms with van der Waals surface area (Å²) in [5, 5.41) is 22.8. The van der Waals surface area contributed by atoms with Crippen LogP contribution in [0.2, 0.25) is 5.15 Å². The van der Waals surface area contributed by atoms with Gasteiger partial charge in [-0.1, -0.05) is 41.9 Å². The lowest BCUT2D eigenvalue weighted by atomic mass is 10.0. The summed E-state index contributed by atoms with van der Waals surface area (Å²) in [6, 6.07) is 10.5. The lowest BCUT2D eigenvalue weighted by Crippen LogP contribution is -2.39. The summed E-state index contributed by atoms with van der Waals surface area (Å²) >= 11 is 5.84. The summed E-state index contributed by atoms with van der Waals surface area (Å²) in [6.07, 6.45) is -1.20. The van der Waals surface area contributed by atoms with E-state index in [4.69, 9.17) is 22.0 Å². The van der Waals surface area contributed by atoms with Crippen molar-refractivity contribution in [2.75, 3.05) is 5.32 Å². The summed E-state index contributed by atoms with van der Waals surface area (Å²) in [7, 11) is 0. The first-order chi connectivity index (χ1) is 11.4. The second-order valence-electron chi connectivity index (χ2n) is 5.04. The molecule has 24 heavy (non-hydrogen) atoms. The van der Waals surface area contributed by atoms with Crippen LogP contribution in [0, 0.1) is 17.1 Å². The highest BCUT2D eigenvalue weighted by Crippen LogP contribution is 2.26. The molecule has 1 aromatic heterocycles. The predicted octanol–water partition coefficient (Wildman–Crippen LogP) is 3.56. The molecule has 1 aromatic carbocycles. The first kappa shape index (κ1) is 17.5. The van der Waals surface area contributed by atoms with Crippen molar-refractivity contribution in [2.24, 2.45) is 0 Å². The number of halogens is 2. The van der Waals surface area contributed by atoms with E-state index in [9.17, 15) is 9.18 Å². The van der Waals surface area contributed by atoms with Crippen LogP contribution in [0.5, 0.6) is 0 Å². The minimum Gasteiger partial charge on any atom is -0.465 e. The number of anilines is 1. The third kappa shape index (κ3) is 4.12. The van der Waals surface area contributed by atoms with Crippen LogP contribution in [-0.2, 0) is 0 Å². The Bertz CT molecular complexity index is 780. The number of pyridine rings is 1. The fourth-order valence-corrected chi connectivity index (χ4v) is 2.41. The van der Waals surface area contributed by atoms with Crippen molar-refractivity contribution in [1.29, 1.82) is 5.26 Å². The Morgan fingerprint density at radius 2 is 2.08 bits per heavy atom. The second kappa shape index (κ2) is 7.62. The molecule has 2 atom stereocenters. The van der Waals surface area contributed by atoms with Gasteiger partial charge in [-0.2, -0.15) is 5.26 Å². The van der Waals surface area contributed by atoms with Gasteiger partial charge in [0.15, 0.2) is 11.6 Å². The van der Waals surface area contributed by atoms with E-state index in [1.807, 2.05) is 6.07 Å². The van der Waals surface area contributed by atoms with E-state index in [1.165, 1.54) is 0 Å². The van der Waals surface area contributed by atoms with Gasteiger partial charge in [0, 0.05) is 0 Å². The number of nitrogens with zero attached hydrogens (tertiary/aromatic N) is 2. The smallest absolute Gasteiger partial charge is 0.404 e. The normalized spacial score (nSPS) is 12.8. The molecule has 6 nitrogen and oxygen atoms in total. The van der Waals surface area contributed by atoms with Crippen LogP contribution in [0.4, 0.5) is 15.0 Å². The Morgan fingerprint density at radius 3 is 2.67 bits per heavy atom. The molecule has 0 bridgehead atoms. The van der Waals surface area contributed by atoms with E-state index >= 15 is 0 Å². The molecule has 0 spiro atoms. The quantitative estimate of drug-likeness (QED) is 0.718. The van der Waals surface area contributed by atoms with E-state index < -0.39 is 24.0 Å². The number of nitrogens with one attached hydrogen (secondary N) is 2. The third-order valence-corrected chi connectivity index (χ3v) is 3.64. The van der Waals surface area contributed by atoms with Crippen molar-refractivity contribution < 1.29 is 14.3 Å². The van der Waals surface area contributed by atoms with E-state index in [0.29, 0.717) is 0 Å². The number of hydrogen-bond donors (Lipinski definition) is 3. The van der Waals surface area contributed by atoms with E-state index in [0.717, 1.165) is 11.6 Å². The van der Waals surface area contributed by atoms with E-state index in [-0.39, 0.29) is 16.5 Å². The lowest BCUT2D eigenvalue weighted by molar-refractivity contribution is 0.189. The zero-order valence-corrected chi connectivity index (χ0v) is 13.4. The van der Waals surface area contributed by atoms with E-state index in [2.05, 4.69) is 15.6 Å². The maximum absolute atomic E-state index is 14.1. The Morgan fingerprint density at radius 1 is 1.42 bits per heavy atom. The number of rotatable bonds is 5. The highest BCUT2D eigenvalue weighted by Gasteiger charge is 2.23. The molecular weight excluding hydrogens is 335 g/mol. The topological polar surface area (TPSA) is 98.0 Å². The first-order valence-electron chi connectivity index (χ1n) is 6.99. The number of nitriles is 1. The first-order valence-corrected chi connectivity index (χ1v) is 7.37. The molecule has 8 heteroatoms. The number of aromatic nitrogens is 1. The molecule has 124 valence electrons. The molecule has 3 N–H and O–H groups in total. The van der Waals surface area contributed by atoms with Crippen LogP contribution < -0.4 is 10.6 Å². The van der Waals surface area contributed by atoms with Crippen LogP contribution in [0.3, 0.4) is 0 Å². The molecule has 1 amide bonds. The number of amides is 1. The standard InChI is InChI=1S/C16H14ClFN4O2/c1-9(20-16(23)24)13(10-5-3-2-4-6-10)21-15-12(18)7-11(8-19)14(17)22-15/h2-7,9,13,20H,1H3,(H,21,22)(H,23,24)/t9-,13-/m0/s1. The second-order valence-corrected chi connectivity index (χ2v) is 5.40. The number of hydrogen-bond acceptors (Lipinski definition) is 4. The fourth-order valence-electron chi connectivity index (χ4n) is 2.23. The van der Waals surface area contributed by atoms with Crippen molar-refractivity contribution in [3.63, 3.8) is 0 Å². The van der Waals surface area contributed by atoms with Gasteiger partial charge in [-0.05, 0) is 18.6 Å². The lowest BCUT2D eigenvalue weighted by Gasteiger charge is -2.26. The Hall–Kier alpha value is -2.85. The molecule has 0 aliphatic rings. The molecule has 0 fully saturated rings. The van der Waals surface area contributed by atoms with Gasteiger partial charge < -0.3 is 15.7 Å². The molecule has 0 unspecified atom stereocenters. The van der Waals surface area contributed by atoms with Gasteiger partial charge in [0.05, 0.1) is 17.6 Å². The van der Waals surface area contributed by atoms with Gasteiger partial charge in [0.25, 0.3) is 0 Å². The maximum atomic E-state index is 14.1. The monoisotopic (exact) mass is 348 g/mol. The highest BCUT2D eigenvalue weighted by molar-refractivity contribution is 6.30. The van der Waals surface area contributed by atoms with Crippen LogP contribution >= 0.6 is 11.6 Å². The van der Waals surface area contributed by atoms with Crippen LogP contribution in [0.15, 0.2) is 36.4 Å². The summed E-state index contributed by atoms with van der Waals surface area (Å²) in [5.41, 5.74) is 0.660. The Kier molecular flexibility index (Phi) is 5.55. The summed E-state index contributed by atoms with van der Waals surface area (Å²) in [6.45, 7) is 1.64. The molecular formula is C16H14ClFN4O2. The molecule has 2 rings (SSSR count). The van der Waals surface area contributed by atoms with Gasteiger partial charge in [-0.25, -0.2) is 14.2 Å². The summed E-state index contributed by atoms with van der Waals surface area (Å²) < 4.78 is 14.1. The molecule has 0 aliphatic carbocycles. The van der Waals surface area contributed by atoms with Gasteiger partial charge in [-0.15, -0.1) is 0 Å². The van der Waals surface area contributed by atoms with Crippen molar-refractivity contribution in [1.82, 2.24) is 10.3 Å². The molecule has 0 saturated heterocycles. The minimum absolute atomic E-state index is 0.0762. The average molecular weight is 349 g/mol. The predicted molar refractivity (Wildman–Crippen MR) is 87.3 cm³/mol. The third-order valence-electron chi connectivity index (χ3n) is 3.35. The van der Waals surface area contributed by atoms with Crippen LogP contribution in [0.1, 0.15) is 24.1 Å². The van der Waals surface area contributed by atoms with E-state index in [1.54, 1.807) is 37.3 Å². The van der Waals surface area contributed by atoms with Gasteiger partial charge in [-0.3, -0.25) is 0 Å². The van der Waals surface area contributed by atoms with Crippen molar-refractivity contribution >= 4 is 23.5 Å². The SMILES string of the molecule is C[C@H](NC(=O)O)[C@H](Nc1nc(Cl)c(C#N)cc1F)c1ccccc1. The number of benzene rings is 1. The highest BCUT2D eigenvalue weighted by atomic mass is 35.5. The Balaban J connectivity index is 2.37. The summed E-state index contributed by atoms with van der Waals surface area (Å²) in [4.78, 5) is 14.8. The van der Waals surface area contributed by atoms with Crippen molar-refractivity contribution in [2.45, 2.75) is 19.0 Å². The molecule has 1 heterocycles. The maximum Gasteiger partial charge on any atom is 0.404 e. The molecule has 0 radical (unpaired) electrons. The average Bonchev–Trinajstić information content (AvgIpc) is 2.55. The molecule has 2 aromatic rings. The molecule has 0 saturated carbocycles. The molecule has 0 aliphatic heterocycles. The van der Waals surface area contributed by atoms with Gasteiger partial charge in [0.2, 0.25) is 0 Å². The van der Waals surface area contributed by atoms with Crippen LogP contribution in [0.25, 0.3) is 0 Å². The summed E-state index contributed by atoms with van der Waals surface area (Å²) in [5.74, 6) is -0.911. The fraction of sp³-hybridized carbons (Fsp3) is 0.188. The Labute approximate surface area is 142 Å². The zero-order valence-electron chi connectivity index (χ0n) is 12.6. The zero-order chi connectivity index (χ0) is 17.7. The number of carbonyl (C=O) groups is 1. The number of carboxylic acid groups (broad SMARTS) is 1. The minimum atomic E-state index is -1.20. The van der Waals surface area contributed by atoms with Crippen molar-refractivity contribution in [3.8, 4) is 6.07 Å². The van der Waals surface area contributed by atoms with Gasteiger partial charge in [0.1, 0.15) is 11.2 Å². The van der Waals surface area contributed by atoms with Gasteiger partial charge >= 0.3 is 6.09 Å². The van der Waals surface area contributed by atoms with Crippen LogP contribution in [-0.4, -0.2) is 22.2 Å². The van der Waals surface area contributed by atoms with Crippen molar-refractivity contribution in [3.05, 3.63) is 58.5 Å².